The first-order valence-electron chi connectivity index (χ1n) is 4.50. The molecule has 0 amide bonds. The molecule has 1 atom stereocenters. The van der Waals surface area contributed by atoms with Crippen LogP contribution < -0.4 is 5.73 Å². The second kappa shape index (κ2) is 5.17. The largest absolute Gasteiger partial charge is 0.386 e. The molecule has 0 fully saturated rings. The molecule has 0 saturated carbocycles. The number of nitrogens with one attached hydrogen (secondary N) is 1. The summed E-state index contributed by atoms with van der Waals surface area (Å²) in [6, 6.07) is -1.01. The van der Waals surface area contributed by atoms with Gasteiger partial charge in [0.15, 0.2) is 0 Å². The second-order valence-corrected chi connectivity index (χ2v) is 3.15. The molecule has 0 saturated heterocycles. The molecule has 0 spiro atoms. The molecule has 7 nitrogen and oxygen atoms in total. The van der Waals surface area contributed by atoms with Crippen molar-refractivity contribution in [2.45, 2.75) is 19.4 Å². The van der Waals surface area contributed by atoms with Crippen LogP contribution in [0.15, 0.2) is 12.5 Å². The Bertz CT molecular complexity index is 399. The van der Waals surface area contributed by atoms with Crippen LogP contribution >= 0.6 is 0 Å². The fourth-order valence-corrected chi connectivity index (χ4v) is 0.955. The number of aromatic nitrogens is 2. The average molecular weight is 225 g/mol. The molecule has 0 aliphatic carbocycles. The number of hydrogen-bond donors (Lipinski definition) is 2. The Labute approximate surface area is 91.0 Å². The molecule has 3 N–H and O–H groups in total. The molecule has 0 radical (unpaired) electrons. The summed E-state index contributed by atoms with van der Waals surface area (Å²) in [5.74, 6) is -2.98. The van der Waals surface area contributed by atoms with Crippen molar-refractivity contribution < 1.29 is 19.1 Å². The van der Waals surface area contributed by atoms with Crippen LogP contribution in [0.3, 0.4) is 0 Å². The van der Waals surface area contributed by atoms with E-state index in [2.05, 4.69) is 14.7 Å². The van der Waals surface area contributed by atoms with E-state index in [-0.39, 0.29) is 6.42 Å². The molecule has 0 bridgehead atoms. The number of esters is 2. The number of imidazole rings is 1. The summed E-state index contributed by atoms with van der Waals surface area (Å²) in [6.45, 7) is 1.01. The van der Waals surface area contributed by atoms with Crippen molar-refractivity contribution in [3.8, 4) is 0 Å². The molecule has 1 rings (SSSR count). The van der Waals surface area contributed by atoms with Gasteiger partial charge in [-0.15, -0.1) is 0 Å². The van der Waals surface area contributed by atoms with Crippen molar-refractivity contribution in [2.24, 2.45) is 5.73 Å². The zero-order valence-corrected chi connectivity index (χ0v) is 8.60. The van der Waals surface area contributed by atoms with Gasteiger partial charge in [-0.05, 0) is 0 Å². The van der Waals surface area contributed by atoms with Gasteiger partial charge in [-0.25, -0.2) is 14.6 Å². The first kappa shape index (κ1) is 12.1. The topological polar surface area (TPSA) is 115 Å². The predicted octanol–water partition coefficient (Wildman–Crippen LogP) is -1.06. The minimum Gasteiger partial charge on any atom is -0.386 e. The number of nitrogens with zero attached hydrogens (tertiary/aromatic N) is 1. The SMILES string of the molecule is CC(=O)C(=O)OC(=O)[C@@H](N)Cc1cnc[nH]1. The van der Waals surface area contributed by atoms with Gasteiger partial charge in [-0.3, -0.25) is 4.79 Å². The van der Waals surface area contributed by atoms with Gasteiger partial charge < -0.3 is 15.5 Å². The summed E-state index contributed by atoms with van der Waals surface area (Å²) in [7, 11) is 0. The second-order valence-electron chi connectivity index (χ2n) is 3.15. The maximum atomic E-state index is 11.2. The maximum absolute atomic E-state index is 11.2. The van der Waals surface area contributed by atoms with Crippen molar-refractivity contribution in [3.63, 3.8) is 0 Å². The fraction of sp³-hybridized carbons (Fsp3) is 0.333. The van der Waals surface area contributed by atoms with Crippen LogP contribution in [0.1, 0.15) is 12.6 Å². The molecule has 1 heterocycles. The first-order chi connectivity index (χ1) is 7.50. The molecule has 0 aromatic carbocycles. The zero-order valence-electron chi connectivity index (χ0n) is 8.60. The van der Waals surface area contributed by atoms with Gasteiger partial charge in [0.25, 0.3) is 0 Å². The summed E-state index contributed by atoms with van der Waals surface area (Å²) in [5.41, 5.74) is 6.11. The molecule has 16 heavy (non-hydrogen) atoms. The van der Waals surface area contributed by atoms with E-state index >= 15 is 0 Å². The number of carbonyl (C=O) groups is 3. The Kier molecular flexibility index (Phi) is 3.90. The maximum Gasteiger partial charge on any atom is 0.381 e. The molecule has 86 valence electrons. The predicted molar refractivity (Wildman–Crippen MR) is 52.0 cm³/mol. The lowest BCUT2D eigenvalue weighted by Gasteiger charge is -2.07. The third-order valence-electron chi connectivity index (χ3n) is 1.78. The van der Waals surface area contributed by atoms with Gasteiger partial charge in [-0.2, -0.15) is 0 Å². The minimum absolute atomic E-state index is 0.157. The van der Waals surface area contributed by atoms with E-state index in [9.17, 15) is 14.4 Å². The van der Waals surface area contributed by atoms with Crippen LogP contribution in [0, 0.1) is 0 Å². The Hall–Kier alpha value is -2.02. The summed E-state index contributed by atoms with van der Waals surface area (Å²) in [5, 5.41) is 0. The summed E-state index contributed by atoms with van der Waals surface area (Å²) in [4.78, 5) is 39.0. The lowest BCUT2D eigenvalue weighted by molar-refractivity contribution is -0.164. The lowest BCUT2D eigenvalue weighted by Crippen LogP contribution is -2.36. The Morgan fingerprint density at radius 2 is 2.25 bits per heavy atom. The highest BCUT2D eigenvalue weighted by Crippen LogP contribution is 1.98. The van der Waals surface area contributed by atoms with Gasteiger partial charge >= 0.3 is 11.9 Å². The van der Waals surface area contributed by atoms with Crippen molar-refractivity contribution in [1.82, 2.24) is 9.97 Å². The van der Waals surface area contributed by atoms with Gasteiger partial charge in [0.2, 0.25) is 5.78 Å². The smallest absolute Gasteiger partial charge is 0.381 e. The quantitative estimate of drug-likeness (QED) is 0.383. The molecule has 0 aliphatic rings. The van der Waals surface area contributed by atoms with Crippen LogP contribution in [-0.4, -0.2) is 33.7 Å². The van der Waals surface area contributed by atoms with Crippen LogP contribution in [0.2, 0.25) is 0 Å². The normalized spacial score (nSPS) is 11.9. The molecule has 0 aliphatic heterocycles. The van der Waals surface area contributed by atoms with Crippen LogP contribution in [-0.2, 0) is 25.5 Å². The molecule has 1 aromatic heterocycles. The van der Waals surface area contributed by atoms with Crippen molar-refractivity contribution in [3.05, 3.63) is 18.2 Å². The summed E-state index contributed by atoms with van der Waals surface area (Å²) >= 11 is 0. The van der Waals surface area contributed by atoms with E-state index in [1.165, 1.54) is 12.5 Å². The van der Waals surface area contributed by atoms with Crippen LogP contribution in [0.5, 0.6) is 0 Å². The lowest BCUT2D eigenvalue weighted by atomic mass is 10.2. The van der Waals surface area contributed by atoms with E-state index in [0.29, 0.717) is 5.69 Å². The van der Waals surface area contributed by atoms with Crippen LogP contribution in [0.25, 0.3) is 0 Å². The fourth-order valence-electron chi connectivity index (χ4n) is 0.955. The van der Waals surface area contributed by atoms with Crippen molar-refractivity contribution in [1.29, 1.82) is 0 Å². The summed E-state index contributed by atoms with van der Waals surface area (Å²) < 4.78 is 4.24. The van der Waals surface area contributed by atoms with Crippen molar-refractivity contribution >= 4 is 17.7 Å². The minimum atomic E-state index is -1.20. The van der Waals surface area contributed by atoms with Gasteiger partial charge in [0, 0.05) is 25.2 Å². The monoisotopic (exact) mass is 225 g/mol. The van der Waals surface area contributed by atoms with Gasteiger partial charge in [0.1, 0.15) is 6.04 Å². The third kappa shape index (κ3) is 3.28. The highest BCUT2D eigenvalue weighted by atomic mass is 16.6. The number of hydrogen-bond acceptors (Lipinski definition) is 6. The number of nitrogens with two attached hydrogens (primary N) is 1. The zero-order chi connectivity index (χ0) is 12.1. The van der Waals surface area contributed by atoms with Crippen molar-refractivity contribution in [2.75, 3.05) is 0 Å². The van der Waals surface area contributed by atoms with Crippen LogP contribution in [0.4, 0.5) is 0 Å². The number of H-pyrrole nitrogens is 1. The Morgan fingerprint density at radius 1 is 1.56 bits per heavy atom. The first-order valence-corrected chi connectivity index (χ1v) is 4.50. The third-order valence-corrected chi connectivity index (χ3v) is 1.78. The summed E-state index contributed by atoms with van der Waals surface area (Å²) in [6.07, 6.45) is 3.10. The Balaban J connectivity index is 2.48. The highest BCUT2D eigenvalue weighted by molar-refractivity contribution is 6.34. The van der Waals surface area contributed by atoms with Gasteiger partial charge in [-0.1, -0.05) is 0 Å². The number of Topliss-reactive ketones (excluding diaryl/α,β-unsaturated/α-hetero) is 1. The highest BCUT2D eigenvalue weighted by Gasteiger charge is 2.21. The molecular weight excluding hydrogens is 214 g/mol. The van der Waals surface area contributed by atoms with E-state index in [4.69, 9.17) is 5.73 Å². The molecule has 0 unspecified atom stereocenters. The average Bonchev–Trinajstić information content (AvgIpc) is 2.69. The van der Waals surface area contributed by atoms with E-state index in [1.54, 1.807) is 0 Å². The molecule has 7 heteroatoms. The molecule has 1 aromatic rings. The standard InChI is InChI=1S/C9H11N3O4/c1-5(13)8(14)16-9(15)7(10)2-6-3-11-4-12-6/h3-4,7H,2,10H2,1H3,(H,11,12)/t7-/m0/s1. The van der Waals surface area contributed by atoms with E-state index < -0.39 is 23.8 Å². The van der Waals surface area contributed by atoms with E-state index in [0.717, 1.165) is 6.92 Å². The number of ether oxygens (including phenoxy) is 1. The number of aromatic amines is 1. The van der Waals surface area contributed by atoms with Gasteiger partial charge in [0.05, 0.1) is 6.33 Å². The molecular formula is C9H11N3O4. The number of carbonyl (C=O) groups excluding carboxylic acids is 3. The number of rotatable bonds is 4. The Morgan fingerprint density at radius 3 is 2.75 bits per heavy atom. The number of ketones is 1. The van der Waals surface area contributed by atoms with E-state index in [1.807, 2.05) is 0 Å².